The van der Waals surface area contributed by atoms with E-state index in [4.69, 9.17) is 0 Å². The number of benzene rings is 1. The first-order chi connectivity index (χ1) is 13.8. The van der Waals surface area contributed by atoms with Crippen molar-refractivity contribution in [2.24, 2.45) is 0 Å². The summed E-state index contributed by atoms with van der Waals surface area (Å²) in [6, 6.07) is 9.76. The number of nitrogens with zero attached hydrogens (tertiary/aromatic N) is 3. The zero-order valence-corrected chi connectivity index (χ0v) is 15.8. The van der Waals surface area contributed by atoms with E-state index in [1.54, 1.807) is 35.4 Å². The lowest BCUT2D eigenvalue weighted by atomic mass is 9.98. The Bertz CT molecular complexity index is 1170. The normalized spacial score (nSPS) is 13.3. The average molecular weight is 387 g/mol. The Kier molecular flexibility index (Phi) is 4.31. The molecule has 1 amide bonds. The summed E-state index contributed by atoms with van der Waals surface area (Å²) in [4.78, 5) is 26.6. The highest BCUT2D eigenvalue weighted by Crippen LogP contribution is 2.25. The third kappa shape index (κ3) is 3.26. The van der Waals surface area contributed by atoms with Crippen LogP contribution < -0.4 is 10.6 Å². The molecule has 138 valence electrons. The number of fused-ring (bicyclic) bond motifs is 2. The SMILES string of the molecule is O=C(Nc1cc2cc(-c3cncs3)ncc2cn1)c1ccc2c(c1)CNCC2. The fourth-order valence-corrected chi connectivity index (χ4v) is 3.98. The molecule has 0 radical (unpaired) electrons. The lowest BCUT2D eigenvalue weighted by Crippen LogP contribution is -2.24. The topological polar surface area (TPSA) is 79.8 Å². The van der Waals surface area contributed by atoms with E-state index in [2.05, 4.69) is 25.6 Å². The number of carbonyl (C=O) groups excluding carboxylic acids is 1. The first kappa shape index (κ1) is 17.0. The molecule has 5 rings (SSSR count). The monoisotopic (exact) mass is 387 g/mol. The highest BCUT2D eigenvalue weighted by Gasteiger charge is 2.13. The van der Waals surface area contributed by atoms with Crippen molar-refractivity contribution in [3.8, 4) is 10.6 Å². The van der Waals surface area contributed by atoms with E-state index < -0.39 is 0 Å². The number of nitrogens with one attached hydrogen (secondary N) is 2. The van der Waals surface area contributed by atoms with Gasteiger partial charge in [0, 0.05) is 36.1 Å². The molecule has 0 aliphatic carbocycles. The zero-order chi connectivity index (χ0) is 18.9. The van der Waals surface area contributed by atoms with Gasteiger partial charge in [-0.2, -0.15) is 0 Å². The molecule has 0 fully saturated rings. The van der Waals surface area contributed by atoms with Gasteiger partial charge in [-0.05, 0) is 53.7 Å². The van der Waals surface area contributed by atoms with Crippen molar-refractivity contribution in [2.75, 3.05) is 11.9 Å². The van der Waals surface area contributed by atoms with Crippen LogP contribution in [0.3, 0.4) is 0 Å². The summed E-state index contributed by atoms with van der Waals surface area (Å²) in [6.07, 6.45) is 6.32. The van der Waals surface area contributed by atoms with Gasteiger partial charge in [-0.3, -0.25) is 14.8 Å². The molecule has 0 saturated heterocycles. The molecule has 0 bridgehead atoms. The van der Waals surface area contributed by atoms with E-state index in [9.17, 15) is 4.79 Å². The number of pyridine rings is 2. The smallest absolute Gasteiger partial charge is 0.256 e. The van der Waals surface area contributed by atoms with Crippen LogP contribution in [0.4, 0.5) is 5.82 Å². The molecule has 2 N–H and O–H groups in total. The maximum absolute atomic E-state index is 12.7. The van der Waals surface area contributed by atoms with Gasteiger partial charge in [-0.25, -0.2) is 4.98 Å². The zero-order valence-electron chi connectivity index (χ0n) is 15.0. The Morgan fingerprint density at radius 3 is 2.86 bits per heavy atom. The third-order valence-corrected chi connectivity index (χ3v) is 5.68. The number of hydrogen-bond acceptors (Lipinski definition) is 6. The molecule has 7 heteroatoms. The number of thiazole rings is 1. The van der Waals surface area contributed by atoms with E-state index in [-0.39, 0.29) is 5.91 Å². The van der Waals surface area contributed by atoms with Crippen LogP contribution in [-0.2, 0) is 13.0 Å². The summed E-state index contributed by atoms with van der Waals surface area (Å²) in [5.41, 5.74) is 5.78. The second kappa shape index (κ2) is 7.10. The van der Waals surface area contributed by atoms with Crippen LogP contribution in [-0.4, -0.2) is 27.4 Å². The van der Waals surface area contributed by atoms with Gasteiger partial charge in [0.1, 0.15) is 5.82 Å². The van der Waals surface area contributed by atoms with Gasteiger partial charge in [-0.1, -0.05) is 6.07 Å². The predicted molar refractivity (Wildman–Crippen MR) is 110 cm³/mol. The molecule has 0 saturated carbocycles. The second-order valence-corrected chi connectivity index (χ2v) is 7.60. The van der Waals surface area contributed by atoms with Crippen LogP contribution in [0.25, 0.3) is 21.3 Å². The summed E-state index contributed by atoms with van der Waals surface area (Å²) >= 11 is 1.54. The van der Waals surface area contributed by atoms with Crippen LogP contribution in [0.1, 0.15) is 21.5 Å². The molecule has 0 atom stereocenters. The Labute approximate surface area is 165 Å². The number of rotatable bonds is 3. The lowest BCUT2D eigenvalue weighted by molar-refractivity contribution is 0.102. The van der Waals surface area contributed by atoms with Crippen molar-refractivity contribution in [1.29, 1.82) is 0 Å². The summed E-state index contributed by atoms with van der Waals surface area (Å²) in [7, 11) is 0. The van der Waals surface area contributed by atoms with Gasteiger partial charge < -0.3 is 10.6 Å². The van der Waals surface area contributed by atoms with Crippen molar-refractivity contribution in [3.63, 3.8) is 0 Å². The van der Waals surface area contributed by atoms with Crippen molar-refractivity contribution in [1.82, 2.24) is 20.3 Å². The van der Waals surface area contributed by atoms with E-state index in [1.165, 1.54) is 11.1 Å². The van der Waals surface area contributed by atoms with E-state index >= 15 is 0 Å². The molecule has 1 aliphatic heterocycles. The Hall–Kier alpha value is -3.16. The largest absolute Gasteiger partial charge is 0.312 e. The molecule has 0 unspecified atom stereocenters. The minimum Gasteiger partial charge on any atom is -0.312 e. The van der Waals surface area contributed by atoms with Gasteiger partial charge in [0.05, 0.1) is 16.1 Å². The van der Waals surface area contributed by atoms with Gasteiger partial charge in [0.15, 0.2) is 0 Å². The number of amides is 1. The molecule has 4 heterocycles. The molecule has 6 nitrogen and oxygen atoms in total. The molecule has 1 aliphatic rings. The maximum Gasteiger partial charge on any atom is 0.256 e. The molecule has 28 heavy (non-hydrogen) atoms. The number of hydrogen-bond donors (Lipinski definition) is 2. The number of carbonyl (C=O) groups is 1. The predicted octanol–water partition coefficient (Wildman–Crippen LogP) is 3.65. The third-order valence-electron chi connectivity index (χ3n) is 4.88. The van der Waals surface area contributed by atoms with Crippen molar-refractivity contribution in [2.45, 2.75) is 13.0 Å². The second-order valence-electron chi connectivity index (χ2n) is 6.72. The molecular weight excluding hydrogens is 370 g/mol. The van der Waals surface area contributed by atoms with Crippen LogP contribution in [0.2, 0.25) is 0 Å². The van der Waals surface area contributed by atoms with Crippen LogP contribution >= 0.6 is 11.3 Å². The van der Waals surface area contributed by atoms with Gasteiger partial charge in [0.25, 0.3) is 5.91 Å². The first-order valence-corrected chi connectivity index (χ1v) is 9.93. The summed E-state index contributed by atoms with van der Waals surface area (Å²) in [6.45, 7) is 1.79. The molecule has 0 spiro atoms. The molecule has 3 aromatic heterocycles. The molecular formula is C21H17N5OS. The Balaban J connectivity index is 1.42. The maximum atomic E-state index is 12.7. The molecule has 1 aromatic carbocycles. The van der Waals surface area contributed by atoms with Crippen LogP contribution in [0.15, 0.2) is 54.4 Å². The van der Waals surface area contributed by atoms with Gasteiger partial charge >= 0.3 is 0 Å². The highest BCUT2D eigenvalue weighted by molar-refractivity contribution is 7.13. The Morgan fingerprint density at radius 1 is 1.04 bits per heavy atom. The number of anilines is 1. The average Bonchev–Trinajstić information content (AvgIpc) is 3.28. The number of aromatic nitrogens is 3. The van der Waals surface area contributed by atoms with E-state index in [1.807, 2.05) is 30.3 Å². The van der Waals surface area contributed by atoms with E-state index in [0.717, 1.165) is 40.9 Å². The summed E-state index contributed by atoms with van der Waals surface area (Å²) < 4.78 is 0. The Morgan fingerprint density at radius 2 is 1.96 bits per heavy atom. The lowest BCUT2D eigenvalue weighted by Gasteiger charge is -2.17. The van der Waals surface area contributed by atoms with Crippen molar-refractivity contribution >= 4 is 33.8 Å². The van der Waals surface area contributed by atoms with Gasteiger partial charge in [-0.15, -0.1) is 11.3 Å². The van der Waals surface area contributed by atoms with Crippen molar-refractivity contribution < 1.29 is 4.79 Å². The van der Waals surface area contributed by atoms with Crippen LogP contribution in [0.5, 0.6) is 0 Å². The molecule has 4 aromatic rings. The van der Waals surface area contributed by atoms with Crippen molar-refractivity contribution in [3.05, 3.63) is 71.1 Å². The minimum atomic E-state index is -0.156. The van der Waals surface area contributed by atoms with Gasteiger partial charge in [0.2, 0.25) is 0 Å². The first-order valence-electron chi connectivity index (χ1n) is 9.05. The fraction of sp³-hybridized carbons (Fsp3) is 0.143. The standard InChI is InChI=1S/C21H17N5OS/c27-21(14-2-1-13-3-4-22-8-16(13)5-14)26-20-7-15-6-18(19-11-23-12-28-19)24-9-17(15)10-25-20/h1-2,5-7,9-12,22H,3-4,8H2,(H,25,26,27). The highest BCUT2D eigenvalue weighted by atomic mass is 32.1. The minimum absolute atomic E-state index is 0.156. The van der Waals surface area contributed by atoms with Crippen LogP contribution in [0, 0.1) is 0 Å². The quantitative estimate of drug-likeness (QED) is 0.561. The summed E-state index contributed by atoms with van der Waals surface area (Å²) in [5, 5.41) is 8.14. The van der Waals surface area contributed by atoms with E-state index in [0.29, 0.717) is 11.4 Å². The summed E-state index contributed by atoms with van der Waals surface area (Å²) in [5.74, 6) is 0.367. The fourth-order valence-electron chi connectivity index (χ4n) is 3.39.